The number of piperazine rings is 1. The number of nitrogens with zero attached hydrogens (tertiary/aromatic N) is 2. The monoisotopic (exact) mass is 312 g/mol. The lowest BCUT2D eigenvalue weighted by Crippen LogP contribution is -2.48. The average molecular weight is 313 g/mol. The average Bonchev–Trinajstić information content (AvgIpc) is 2.46. The summed E-state index contributed by atoms with van der Waals surface area (Å²) in [4.78, 5) is 2.48. The Morgan fingerprint density at radius 2 is 1.75 bits per heavy atom. The third-order valence-corrected chi connectivity index (χ3v) is 5.52. The topological polar surface area (TPSA) is 40.6 Å². The summed E-state index contributed by atoms with van der Waals surface area (Å²) in [5.41, 5.74) is 0. The third-order valence-electron chi connectivity index (χ3n) is 3.36. The van der Waals surface area contributed by atoms with Crippen LogP contribution in [0.25, 0.3) is 0 Å². The van der Waals surface area contributed by atoms with Gasteiger partial charge in [0.2, 0.25) is 10.0 Å². The van der Waals surface area contributed by atoms with Crippen molar-refractivity contribution in [2.45, 2.75) is 11.3 Å². The second-order valence-corrected chi connectivity index (χ2v) is 7.03. The Hall–Kier alpha value is -1.06. The number of terminal acetylenes is 1. The minimum absolute atomic E-state index is 0.291. The number of rotatable bonds is 4. The summed E-state index contributed by atoms with van der Waals surface area (Å²) in [6, 6.07) is 6.28. The van der Waals surface area contributed by atoms with Crippen molar-refractivity contribution in [3.8, 4) is 12.3 Å². The van der Waals surface area contributed by atoms with Gasteiger partial charge in [0.15, 0.2) is 0 Å². The van der Waals surface area contributed by atoms with Gasteiger partial charge in [-0.3, -0.25) is 4.90 Å². The lowest BCUT2D eigenvalue weighted by atomic mass is 10.3. The van der Waals surface area contributed by atoms with Crippen LogP contribution in [0, 0.1) is 12.3 Å². The number of hydrogen-bond donors (Lipinski definition) is 0. The van der Waals surface area contributed by atoms with Crippen LogP contribution in [0.2, 0.25) is 5.02 Å². The van der Waals surface area contributed by atoms with Gasteiger partial charge in [-0.15, -0.1) is 12.3 Å². The molecule has 0 N–H and O–H groups in total. The van der Waals surface area contributed by atoms with E-state index >= 15 is 0 Å². The molecule has 0 atom stereocenters. The molecule has 108 valence electrons. The maximum atomic E-state index is 12.5. The maximum Gasteiger partial charge on any atom is 0.243 e. The molecule has 0 aromatic heterocycles. The van der Waals surface area contributed by atoms with Gasteiger partial charge < -0.3 is 0 Å². The number of sulfonamides is 1. The molecule has 6 heteroatoms. The summed E-state index contributed by atoms with van der Waals surface area (Å²) in [6.45, 7) is 3.25. The second kappa shape index (κ2) is 6.59. The Labute approximate surface area is 125 Å². The molecule has 0 bridgehead atoms. The van der Waals surface area contributed by atoms with Crippen LogP contribution in [0.15, 0.2) is 29.2 Å². The van der Waals surface area contributed by atoms with Crippen molar-refractivity contribution >= 4 is 21.6 Å². The Bertz CT molecular complexity index is 585. The molecule has 1 heterocycles. The van der Waals surface area contributed by atoms with Crippen molar-refractivity contribution in [3.63, 3.8) is 0 Å². The van der Waals surface area contributed by atoms with Crippen molar-refractivity contribution in [1.82, 2.24) is 9.21 Å². The fraction of sp³-hybridized carbons (Fsp3) is 0.429. The van der Waals surface area contributed by atoms with Gasteiger partial charge in [0.05, 0.1) is 4.90 Å². The molecule has 0 saturated carbocycles. The highest BCUT2D eigenvalue weighted by Crippen LogP contribution is 2.19. The van der Waals surface area contributed by atoms with Crippen LogP contribution in [0.3, 0.4) is 0 Å². The number of halogens is 1. The molecule has 0 amide bonds. The Morgan fingerprint density at radius 3 is 2.30 bits per heavy atom. The molecule has 1 aromatic carbocycles. The lowest BCUT2D eigenvalue weighted by Gasteiger charge is -2.33. The zero-order valence-electron chi connectivity index (χ0n) is 11.1. The summed E-state index contributed by atoms with van der Waals surface area (Å²) in [5, 5.41) is 0.531. The van der Waals surface area contributed by atoms with E-state index in [1.54, 1.807) is 24.3 Å². The van der Waals surface area contributed by atoms with E-state index in [-0.39, 0.29) is 0 Å². The summed E-state index contributed by atoms with van der Waals surface area (Å²) in [7, 11) is -3.42. The lowest BCUT2D eigenvalue weighted by molar-refractivity contribution is 0.192. The molecule has 20 heavy (non-hydrogen) atoms. The second-order valence-electron chi connectivity index (χ2n) is 4.65. The van der Waals surface area contributed by atoms with E-state index in [9.17, 15) is 8.42 Å². The Morgan fingerprint density at radius 1 is 1.15 bits per heavy atom. The molecule has 0 spiro atoms. The van der Waals surface area contributed by atoms with E-state index in [4.69, 9.17) is 18.0 Å². The van der Waals surface area contributed by atoms with Gasteiger partial charge in [-0.1, -0.05) is 11.6 Å². The van der Waals surface area contributed by atoms with Crippen molar-refractivity contribution < 1.29 is 8.42 Å². The molecule has 1 aliphatic rings. The first-order valence-corrected chi connectivity index (χ1v) is 8.27. The predicted molar refractivity (Wildman–Crippen MR) is 80.1 cm³/mol. The van der Waals surface area contributed by atoms with Crippen LogP contribution in [-0.2, 0) is 10.0 Å². The molecule has 0 radical (unpaired) electrons. The Balaban J connectivity index is 2.02. The first-order chi connectivity index (χ1) is 9.54. The predicted octanol–water partition coefficient (Wildman–Crippen LogP) is 1.67. The molecule has 1 saturated heterocycles. The normalized spacial score (nSPS) is 17.8. The van der Waals surface area contributed by atoms with Gasteiger partial charge >= 0.3 is 0 Å². The van der Waals surface area contributed by atoms with E-state index in [1.165, 1.54) is 4.31 Å². The highest BCUT2D eigenvalue weighted by atomic mass is 35.5. The quantitative estimate of drug-likeness (QED) is 0.794. The standard InChI is InChI=1S/C14H17ClN2O2S/c1-2-3-8-16-9-11-17(12-10-16)20(18,19)14-6-4-13(15)5-7-14/h1,4-7H,3,8-12H2. The zero-order chi connectivity index (χ0) is 14.6. The molecule has 1 aromatic rings. The fourth-order valence-corrected chi connectivity index (χ4v) is 3.72. The number of hydrogen-bond acceptors (Lipinski definition) is 3. The third kappa shape index (κ3) is 3.53. The van der Waals surface area contributed by atoms with Crippen LogP contribution >= 0.6 is 11.6 Å². The van der Waals surface area contributed by atoms with E-state index in [0.717, 1.165) is 6.54 Å². The van der Waals surface area contributed by atoms with E-state index in [1.807, 2.05) is 0 Å². The minimum Gasteiger partial charge on any atom is -0.300 e. The number of benzene rings is 1. The van der Waals surface area contributed by atoms with Crippen LogP contribution < -0.4 is 0 Å². The summed E-state index contributed by atoms with van der Waals surface area (Å²) in [6.07, 6.45) is 5.94. The fourth-order valence-electron chi connectivity index (χ4n) is 2.17. The van der Waals surface area contributed by atoms with Crippen molar-refractivity contribution in [2.24, 2.45) is 0 Å². The van der Waals surface area contributed by atoms with E-state index < -0.39 is 10.0 Å². The SMILES string of the molecule is C#CCCN1CCN(S(=O)(=O)c2ccc(Cl)cc2)CC1. The van der Waals surface area contributed by atoms with Gasteiger partial charge in [0.25, 0.3) is 0 Å². The van der Waals surface area contributed by atoms with Crippen molar-refractivity contribution in [3.05, 3.63) is 29.3 Å². The highest BCUT2D eigenvalue weighted by molar-refractivity contribution is 7.89. The molecule has 1 fully saturated rings. The zero-order valence-corrected chi connectivity index (χ0v) is 12.7. The molecular weight excluding hydrogens is 296 g/mol. The van der Waals surface area contributed by atoms with E-state index in [0.29, 0.717) is 42.5 Å². The van der Waals surface area contributed by atoms with E-state index in [2.05, 4.69) is 10.8 Å². The molecule has 0 unspecified atom stereocenters. The van der Waals surface area contributed by atoms with Gasteiger partial charge in [0, 0.05) is 44.2 Å². The first-order valence-electron chi connectivity index (χ1n) is 6.45. The molecule has 2 rings (SSSR count). The molecular formula is C14H17ClN2O2S. The van der Waals surface area contributed by atoms with Crippen LogP contribution in [-0.4, -0.2) is 50.3 Å². The smallest absolute Gasteiger partial charge is 0.243 e. The summed E-state index contributed by atoms with van der Waals surface area (Å²) in [5.74, 6) is 2.60. The molecule has 0 aliphatic carbocycles. The van der Waals surface area contributed by atoms with Crippen LogP contribution in [0.1, 0.15) is 6.42 Å². The highest BCUT2D eigenvalue weighted by Gasteiger charge is 2.28. The van der Waals surface area contributed by atoms with Gasteiger partial charge in [0.1, 0.15) is 0 Å². The minimum atomic E-state index is -3.42. The summed E-state index contributed by atoms with van der Waals surface area (Å²) < 4.78 is 26.4. The molecule has 1 aliphatic heterocycles. The first kappa shape index (κ1) is 15.3. The van der Waals surface area contributed by atoms with Gasteiger partial charge in [-0.25, -0.2) is 8.42 Å². The molecule has 4 nitrogen and oxygen atoms in total. The van der Waals surface area contributed by atoms with Gasteiger partial charge in [-0.05, 0) is 24.3 Å². The Kier molecular flexibility index (Phi) is 5.06. The van der Waals surface area contributed by atoms with Crippen LogP contribution in [0.5, 0.6) is 0 Å². The largest absolute Gasteiger partial charge is 0.300 e. The van der Waals surface area contributed by atoms with Crippen molar-refractivity contribution in [2.75, 3.05) is 32.7 Å². The summed E-state index contributed by atoms with van der Waals surface area (Å²) >= 11 is 5.78. The van der Waals surface area contributed by atoms with Gasteiger partial charge in [-0.2, -0.15) is 4.31 Å². The van der Waals surface area contributed by atoms with Crippen LogP contribution in [0.4, 0.5) is 0 Å². The maximum absolute atomic E-state index is 12.5. The van der Waals surface area contributed by atoms with Crippen molar-refractivity contribution in [1.29, 1.82) is 0 Å².